The fraction of sp³-hybridized carbons (Fsp3) is 0.310. The van der Waals surface area contributed by atoms with Crippen molar-refractivity contribution in [3.05, 3.63) is 101 Å². The van der Waals surface area contributed by atoms with Gasteiger partial charge in [-0.1, -0.05) is 66.2 Å². The van der Waals surface area contributed by atoms with E-state index in [-0.39, 0.29) is 11.9 Å². The smallest absolute Gasteiger partial charge is 0.408 e. The van der Waals surface area contributed by atoms with E-state index in [1.54, 1.807) is 31.7 Å². The minimum absolute atomic E-state index is 0.165. The molecule has 0 radical (unpaired) electrons. The standard InChI is InChI=1S/C29H31ClN2O4/c1-29(2,3)36-28(34)31-25-15-16-32(27(25)33)26(21-11-7-13-23(30)17-21)22-12-8-14-24(18-22)35-19-20-9-5-4-6-10-20/h4-14,17-18,25-26H,15-16,19H2,1-3H3,(H,31,34)/t25-,26?/m0/s1. The van der Waals surface area contributed by atoms with E-state index < -0.39 is 17.7 Å². The molecule has 0 bridgehead atoms. The molecule has 2 atom stereocenters. The maximum atomic E-state index is 13.5. The van der Waals surface area contributed by atoms with Gasteiger partial charge in [-0.2, -0.15) is 0 Å². The molecule has 0 saturated carbocycles. The van der Waals surface area contributed by atoms with E-state index in [9.17, 15) is 9.59 Å². The number of amides is 2. The quantitative estimate of drug-likeness (QED) is 0.418. The van der Waals surface area contributed by atoms with Crippen LogP contribution in [0, 0.1) is 0 Å². The number of benzene rings is 3. The molecular formula is C29H31ClN2O4. The van der Waals surface area contributed by atoms with Crippen molar-refractivity contribution in [2.75, 3.05) is 6.54 Å². The first-order valence-corrected chi connectivity index (χ1v) is 12.4. The first-order valence-electron chi connectivity index (χ1n) is 12.0. The Bertz CT molecular complexity index is 1210. The predicted octanol–water partition coefficient (Wildman–Crippen LogP) is 6.13. The lowest BCUT2D eigenvalue weighted by molar-refractivity contribution is -0.130. The van der Waals surface area contributed by atoms with Crippen molar-refractivity contribution >= 4 is 23.6 Å². The molecule has 188 valence electrons. The molecule has 1 saturated heterocycles. The van der Waals surface area contributed by atoms with Gasteiger partial charge in [-0.05, 0) is 68.1 Å². The Morgan fingerprint density at radius 1 is 1.03 bits per heavy atom. The number of hydrogen-bond acceptors (Lipinski definition) is 4. The van der Waals surface area contributed by atoms with E-state index in [2.05, 4.69) is 5.32 Å². The Balaban J connectivity index is 1.58. The second-order valence-corrected chi connectivity index (χ2v) is 10.3. The predicted molar refractivity (Wildman–Crippen MR) is 140 cm³/mol. The van der Waals surface area contributed by atoms with Gasteiger partial charge in [0.05, 0.1) is 6.04 Å². The van der Waals surface area contributed by atoms with Crippen molar-refractivity contribution in [2.24, 2.45) is 0 Å². The zero-order valence-corrected chi connectivity index (χ0v) is 21.5. The summed E-state index contributed by atoms with van der Waals surface area (Å²) in [7, 11) is 0. The molecule has 4 rings (SSSR count). The van der Waals surface area contributed by atoms with Gasteiger partial charge in [-0.25, -0.2) is 4.79 Å². The number of carbonyl (C=O) groups excluding carboxylic acids is 2. The van der Waals surface area contributed by atoms with Crippen LogP contribution in [0.1, 0.15) is 49.9 Å². The molecule has 6 nitrogen and oxygen atoms in total. The third kappa shape index (κ3) is 6.58. The zero-order valence-electron chi connectivity index (χ0n) is 20.7. The number of rotatable bonds is 7. The fourth-order valence-electron chi connectivity index (χ4n) is 4.29. The highest BCUT2D eigenvalue weighted by Crippen LogP contribution is 2.35. The van der Waals surface area contributed by atoms with Crippen LogP contribution in [0.15, 0.2) is 78.9 Å². The zero-order chi connectivity index (χ0) is 25.7. The van der Waals surface area contributed by atoms with E-state index in [1.807, 2.05) is 72.8 Å². The number of ether oxygens (including phenoxy) is 2. The topological polar surface area (TPSA) is 67.9 Å². The Hall–Kier alpha value is -3.51. The van der Waals surface area contributed by atoms with E-state index in [0.29, 0.717) is 30.3 Å². The van der Waals surface area contributed by atoms with Crippen LogP contribution in [0.3, 0.4) is 0 Å². The summed E-state index contributed by atoms with van der Waals surface area (Å²) < 4.78 is 11.4. The molecule has 1 aliphatic rings. The van der Waals surface area contributed by atoms with Gasteiger partial charge < -0.3 is 19.7 Å². The Morgan fingerprint density at radius 3 is 2.42 bits per heavy atom. The highest BCUT2D eigenvalue weighted by molar-refractivity contribution is 6.30. The van der Waals surface area contributed by atoms with Crippen molar-refractivity contribution in [3.8, 4) is 5.75 Å². The number of halogens is 1. The lowest BCUT2D eigenvalue weighted by Crippen LogP contribution is -2.44. The summed E-state index contributed by atoms with van der Waals surface area (Å²) in [6.45, 7) is 6.29. The van der Waals surface area contributed by atoms with Crippen LogP contribution in [0.4, 0.5) is 4.79 Å². The highest BCUT2D eigenvalue weighted by atomic mass is 35.5. The highest BCUT2D eigenvalue weighted by Gasteiger charge is 2.39. The molecule has 7 heteroatoms. The van der Waals surface area contributed by atoms with Crippen molar-refractivity contribution in [3.63, 3.8) is 0 Å². The van der Waals surface area contributed by atoms with Crippen LogP contribution in [-0.4, -0.2) is 35.1 Å². The third-order valence-electron chi connectivity index (χ3n) is 5.83. The van der Waals surface area contributed by atoms with Gasteiger partial charge in [-0.15, -0.1) is 0 Å². The van der Waals surface area contributed by atoms with Crippen LogP contribution >= 0.6 is 11.6 Å². The number of nitrogens with zero attached hydrogens (tertiary/aromatic N) is 1. The Morgan fingerprint density at radius 2 is 1.72 bits per heavy atom. The molecule has 1 unspecified atom stereocenters. The van der Waals surface area contributed by atoms with Crippen LogP contribution in [-0.2, 0) is 16.1 Å². The van der Waals surface area contributed by atoms with Crippen LogP contribution in [0.5, 0.6) is 5.75 Å². The van der Waals surface area contributed by atoms with Gasteiger partial charge >= 0.3 is 6.09 Å². The van der Waals surface area contributed by atoms with Gasteiger partial charge in [0.1, 0.15) is 24.0 Å². The third-order valence-corrected chi connectivity index (χ3v) is 6.06. The van der Waals surface area contributed by atoms with Gasteiger partial charge in [0.15, 0.2) is 0 Å². The molecule has 1 aliphatic heterocycles. The Labute approximate surface area is 217 Å². The molecule has 1 N–H and O–H groups in total. The number of nitrogens with one attached hydrogen (secondary N) is 1. The molecule has 0 aliphatic carbocycles. The number of hydrogen-bond donors (Lipinski definition) is 1. The second-order valence-electron chi connectivity index (χ2n) is 9.82. The lowest BCUT2D eigenvalue weighted by atomic mass is 9.97. The minimum Gasteiger partial charge on any atom is -0.489 e. The first kappa shape index (κ1) is 25.6. The van der Waals surface area contributed by atoms with Crippen molar-refractivity contribution < 1.29 is 19.1 Å². The number of carbonyl (C=O) groups is 2. The summed E-state index contributed by atoms with van der Waals surface area (Å²) in [6.07, 6.45) is -0.113. The van der Waals surface area contributed by atoms with E-state index in [4.69, 9.17) is 21.1 Å². The van der Waals surface area contributed by atoms with E-state index >= 15 is 0 Å². The molecule has 1 fully saturated rings. The maximum absolute atomic E-state index is 13.5. The van der Waals surface area contributed by atoms with Crippen LogP contribution in [0.2, 0.25) is 5.02 Å². The summed E-state index contributed by atoms with van der Waals surface area (Å²) in [5.74, 6) is 0.542. The molecule has 0 aromatic heterocycles. The summed E-state index contributed by atoms with van der Waals surface area (Å²) in [5.41, 5.74) is 2.21. The van der Waals surface area contributed by atoms with Crippen molar-refractivity contribution in [1.29, 1.82) is 0 Å². The monoisotopic (exact) mass is 506 g/mol. The molecule has 3 aromatic rings. The molecule has 0 spiro atoms. The van der Waals surface area contributed by atoms with Gasteiger partial charge in [0.2, 0.25) is 5.91 Å². The van der Waals surface area contributed by atoms with E-state index in [0.717, 1.165) is 16.7 Å². The number of likely N-dealkylation sites (tertiary alicyclic amines) is 1. The first-order chi connectivity index (χ1) is 17.2. The normalized spacial score (nSPS) is 16.5. The molecule has 3 aromatic carbocycles. The second kappa shape index (κ2) is 11.0. The Kier molecular flexibility index (Phi) is 7.85. The van der Waals surface area contributed by atoms with Crippen LogP contribution in [0.25, 0.3) is 0 Å². The summed E-state index contributed by atoms with van der Waals surface area (Å²) in [5, 5.41) is 3.32. The summed E-state index contributed by atoms with van der Waals surface area (Å²) in [6, 6.07) is 24.2. The van der Waals surface area contributed by atoms with Crippen LogP contribution < -0.4 is 10.1 Å². The average molecular weight is 507 g/mol. The summed E-state index contributed by atoms with van der Waals surface area (Å²) in [4.78, 5) is 27.6. The van der Waals surface area contributed by atoms with Crippen molar-refractivity contribution in [2.45, 2.75) is 51.5 Å². The van der Waals surface area contributed by atoms with Gasteiger partial charge in [0, 0.05) is 11.6 Å². The lowest BCUT2D eigenvalue weighted by Gasteiger charge is -2.30. The molecule has 1 heterocycles. The van der Waals surface area contributed by atoms with Crippen molar-refractivity contribution in [1.82, 2.24) is 10.2 Å². The number of alkyl carbamates (subject to hydrolysis) is 1. The SMILES string of the molecule is CC(C)(C)OC(=O)N[C@H]1CCN(C(c2cccc(Cl)c2)c2cccc(OCc3ccccc3)c2)C1=O. The van der Waals surface area contributed by atoms with E-state index in [1.165, 1.54) is 0 Å². The minimum atomic E-state index is -0.654. The molecule has 36 heavy (non-hydrogen) atoms. The fourth-order valence-corrected chi connectivity index (χ4v) is 4.49. The summed E-state index contributed by atoms with van der Waals surface area (Å²) >= 11 is 6.33. The average Bonchev–Trinajstić information content (AvgIpc) is 3.17. The maximum Gasteiger partial charge on any atom is 0.408 e. The van der Waals surface area contributed by atoms with Gasteiger partial charge in [0.25, 0.3) is 0 Å². The molecule has 2 amide bonds. The molecular weight excluding hydrogens is 476 g/mol. The van der Waals surface area contributed by atoms with Gasteiger partial charge in [-0.3, -0.25) is 4.79 Å². The largest absolute Gasteiger partial charge is 0.489 e.